The first-order valence-electron chi connectivity index (χ1n) is 30.5. The molecular weight excluding hydrogens is 1030 g/mol. The van der Waals surface area contributed by atoms with E-state index in [2.05, 4.69) is 86.5 Å². The van der Waals surface area contributed by atoms with Gasteiger partial charge in [-0.25, -0.2) is 0 Å². The van der Waals surface area contributed by atoms with Gasteiger partial charge in [0.25, 0.3) is 0 Å². The van der Waals surface area contributed by atoms with E-state index in [0.717, 1.165) is 88.4 Å². The van der Waals surface area contributed by atoms with E-state index in [9.17, 15) is 19.2 Å². The number of carbonyl (C=O) groups is 6. The highest BCUT2D eigenvalue weighted by molar-refractivity contribution is 5.86. The first-order valence-corrected chi connectivity index (χ1v) is 30.5. The lowest BCUT2D eigenvalue weighted by Gasteiger charge is -2.42. The second-order valence-electron chi connectivity index (χ2n) is 23.1. The third kappa shape index (κ3) is 30.1. The Balaban J connectivity index is 0.00000755. The number of primary amides is 1. The molecule has 0 radical (unpaired) electrons. The third-order valence-corrected chi connectivity index (χ3v) is 15.1. The molecule has 3 rings (SSSR count). The van der Waals surface area contributed by atoms with Crippen molar-refractivity contribution < 1.29 is 57.2 Å². The van der Waals surface area contributed by atoms with Crippen LogP contribution in [0.3, 0.4) is 0 Å². The summed E-state index contributed by atoms with van der Waals surface area (Å²) in [6, 6.07) is -0.265. The lowest BCUT2D eigenvalue weighted by atomic mass is 9.79. The van der Waals surface area contributed by atoms with Crippen molar-refractivity contribution in [2.75, 3.05) is 80.5 Å². The number of nitrogens with zero attached hydrogens (tertiary/aromatic N) is 2. The number of likely N-dealkylation sites (N-methyl/N-ethyl adjacent to an activating group) is 1. The summed E-state index contributed by atoms with van der Waals surface area (Å²) in [5.41, 5.74) is 5.89. The van der Waals surface area contributed by atoms with Crippen LogP contribution in [0.25, 0.3) is 0 Å². The number of hydrogen-bond donors (Lipinski definition) is 4. The number of amides is 4. The van der Waals surface area contributed by atoms with Crippen molar-refractivity contribution in [1.82, 2.24) is 25.8 Å². The molecule has 3 aliphatic rings. The molecule has 1 saturated heterocycles. The van der Waals surface area contributed by atoms with E-state index in [1.54, 1.807) is 14.2 Å². The Labute approximate surface area is 490 Å². The van der Waals surface area contributed by atoms with Crippen molar-refractivity contribution in [1.29, 1.82) is 0 Å². The number of allylic oxidation sites excluding steroid dienone is 4. The zero-order chi connectivity index (χ0) is 61.4. The fraction of sp³-hybridized carbons (Fsp3) is 0.810. The van der Waals surface area contributed by atoms with Crippen LogP contribution in [0.15, 0.2) is 35.2 Å². The summed E-state index contributed by atoms with van der Waals surface area (Å²) in [7, 11) is 5.53. The molecule has 2 aliphatic carbocycles. The molecule has 470 valence electrons. The van der Waals surface area contributed by atoms with Crippen molar-refractivity contribution in [2.45, 2.75) is 228 Å². The van der Waals surface area contributed by atoms with Crippen LogP contribution in [-0.4, -0.2) is 163 Å². The molecule has 7 unspecified atom stereocenters. The fourth-order valence-electron chi connectivity index (χ4n) is 10.8. The topological polar surface area (TPSA) is 226 Å². The lowest BCUT2D eigenvalue weighted by Crippen LogP contribution is -2.54. The lowest BCUT2D eigenvalue weighted by molar-refractivity contribution is -0.165. The van der Waals surface area contributed by atoms with Gasteiger partial charge in [-0.15, -0.1) is 0 Å². The van der Waals surface area contributed by atoms with Crippen LogP contribution in [0.1, 0.15) is 192 Å². The van der Waals surface area contributed by atoms with Gasteiger partial charge in [-0.1, -0.05) is 91.5 Å². The average molecular weight is 1150 g/mol. The summed E-state index contributed by atoms with van der Waals surface area (Å²) >= 11 is 0. The Morgan fingerprint density at radius 2 is 1.42 bits per heavy atom. The van der Waals surface area contributed by atoms with E-state index in [0.29, 0.717) is 78.0 Å². The standard InChI is InChI=1S/C58H103N5O10.C3H8.CH3NO.CH2O/c1-14-23-46(30-33-70-35-37-72-38-36-71-34-31-59-54(65)42(4)16-3)61-58(9,10)56(67)60-41-47(24-15-2)62(11)52(45-27-20-21-28-45)50(68-12)40-51(64)63-32-22-29-49(63)53(69-13)43(5)48(55(66)73-57(6,7)8)39-44-25-18-17-19-26-44;1-3-2;2-1-3;1-2/h23-25,42-43,45,48-50,52-53,61H,14-22,26-41H2,1-13H3,(H,59,65)(H,60,67);3H2,1-2H3;1H,(H2,2,3);1H2/b46-23+,47-24+;;;. The molecule has 5 N–H and O–H groups in total. The number of nitrogens with two attached hydrogens (primary N) is 1. The van der Waals surface area contributed by atoms with Gasteiger partial charge in [0.1, 0.15) is 17.9 Å². The number of nitrogens with one attached hydrogen (secondary N) is 3. The molecule has 2 fully saturated rings. The minimum absolute atomic E-state index is 0.00666. The van der Waals surface area contributed by atoms with Crippen molar-refractivity contribution in [3.63, 3.8) is 0 Å². The monoisotopic (exact) mass is 1150 g/mol. The highest BCUT2D eigenvalue weighted by Crippen LogP contribution is 2.38. The maximum atomic E-state index is 14.7. The number of ether oxygens (including phenoxy) is 6. The Kier molecular flexibility index (Phi) is 41.8. The predicted molar refractivity (Wildman–Crippen MR) is 324 cm³/mol. The molecule has 81 heavy (non-hydrogen) atoms. The van der Waals surface area contributed by atoms with E-state index < -0.39 is 17.2 Å². The maximum absolute atomic E-state index is 14.7. The van der Waals surface area contributed by atoms with Crippen LogP contribution in [0, 0.1) is 23.7 Å². The van der Waals surface area contributed by atoms with E-state index in [-0.39, 0.29) is 72.5 Å². The van der Waals surface area contributed by atoms with E-state index in [1.165, 1.54) is 18.4 Å². The molecule has 7 atom stereocenters. The maximum Gasteiger partial charge on any atom is 0.310 e. The van der Waals surface area contributed by atoms with Gasteiger partial charge < -0.3 is 64.7 Å². The summed E-state index contributed by atoms with van der Waals surface area (Å²) in [6.07, 6.45) is 21.6. The predicted octanol–water partition coefficient (Wildman–Crippen LogP) is 9.38. The van der Waals surface area contributed by atoms with Crippen LogP contribution >= 0.6 is 0 Å². The van der Waals surface area contributed by atoms with Gasteiger partial charge in [-0.2, -0.15) is 0 Å². The van der Waals surface area contributed by atoms with E-state index >= 15 is 0 Å². The minimum Gasteiger partial charge on any atom is -0.460 e. The number of esters is 1. The van der Waals surface area contributed by atoms with Crippen molar-refractivity contribution >= 4 is 36.9 Å². The second kappa shape index (κ2) is 44.2. The van der Waals surface area contributed by atoms with Gasteiger partial charge >= 0.3 is 5.97 Å². The summed E-state index contributed by atoms with van der Waals surface area (Å²) in [5, 5.41) is 9.64. The number of methoxy groups -OCH3 is 2. The van der Waals surface area contributed by atoms with Crippen LogP contribution in [0.5, 0.6) is 0 Å². The van der Waals surface area contributed by atoms with E-state index in [1.807, 2.05) is 60.2 Å². The Morgan fingerprint density at radius 3 is 1.95 bits per heavy atom. The van der Waals surface area contributed by atoms with Crippen LogP contribution < -0.4 is 21.7 Å². The summed E-state index contributed by atoms with van der Waals surface area (Å²) in [4.78, 5) is 75.5. The molecule has 1 heterocycles. The number of rotatable bonds is 35. The highest BCUT2D eigenvalue weighted by Gasteiger charge is 2.45. The van der Waals surface area contributed by atoms with Gasteiger partial charge in [-0.3, -0.25) is 24.0 Å². The molecule has 1 saturated carbocycles. The van der Waals surface area contributed by atoms with Gasteiger partial charge in [0, 0.05) is 58.1 Å². The van der Waals surface area contributed by atoms with Crippen molar-refractivity contribution in [3.05, 3.63) is 35.2 Å². The highest BCUT2D eigenvalue weighted by atomic mass is 16.6. The number of likely N-dealkylation sites (tertiary alicyclic amines) is 1. The van der Waals surface area contributed by atoms with Gasteiger partial charge in [-0.05, 0) is 124 Å². The Hall–Kier alpha value is -4.36. The normalized spacial score (nSPS) is 18.1. The fourth-order valence-corrected chi connectivity index (χ4v) is 10.8. The molecule has 1 aliphatic heterocycles. The number of carbonyl (C=O) groups excluding carboxylic acids is 6. The van der Waals surface area contributed by atoms with Crippen LogP contribution in [0.2, 0.25) is 0 Å². The van der Waals surface area contributed by atoms with E-state index in [4.69, 9.17) is 38.0 Å². The second-order valence-corrected chi connectivity index (χ2v) is 23.1. The van der Waals surface area contributed by atoms with Gasteiger partial charge in [0.15, 0.2) is 0 Å². The zero-order valence-corrected chi connectivity index (χ0v) is 53.4. The summed E-state index contributed by atoms with van der Waals surface area (Å²) in [5.74, 6) is -0.479. The smallest absolute Gasteiger partial charge is 0.310 e. The first kappa shape index (κ1) is 76.6. The third-order valence-electron chi connectivity index (χ3n) is 15.1. The Morgan fingerprint density at radius 1 is 0.827 bits per heavy atom. The quantitative estimate of drug-likeness (QED) is 0.0201. The molecule has 18 nitrogen and oxygen atoms in total. The van der Waals surface area contributed by atoms with Gasteiger partial charge in [0.05, 0.1) is 82.8 Å². The van der Waals surface area contributed by atoms with Crippen LogP contribution in [0.4, 0.5) is 0 Å². The van der Waals surface area contributed by atoms with Gasteiger partial charge in [0.2, 0.25) is 24.1 Å². The summed E-state index contributed by atoms with van der Waals surface area (Å²) in [6.45, 7) is 30.1. The largest absolute Gasteiger partial charge is 0.460 e. The molecule has 18 heteroatoms. The molecule has 4 amide bonds. The Bertz CT molecular complexity index is 1830. The zero-order valence-electron chi connectivity index (χ0n) is 53.4. The molecule has 0 aromatic rings. The van der Waals surface area contributed by atoms with Crippen molar-refractivity contribution in [2.24, 2.45) is 29.4 Å². The SMILES string of the molecule is C=O.CC/C=C(\CCOCCOCCOCCNC(=O)C(C)CC)NC(C)(C)C(=O)NC/C(=C\CC)N(C)C(C1CCCC1)C(CC(=O)N1CCCC1C(OC)C(C)C(CC1=CCCCC1)C(=O)OC(C)(C)C)OC.CCC.NC=O. The molecule has 0 aromatic carbocycles. The minimum atomic E-state index is -0.909. The summed E-state index contributed by atoms with van der Waals surface area (Å²) < 4.78 is 35.8. The molecular formula is C63H116N6O12. The molecule has 0 spiro atoms. The number of hydrogen-bond acceptors (Lipinski definition) is 14. The molecule has 0 bridgehead atoms. The average Bonchev–Trinajstić information content (AvgIpc) is 4.26. The first-order chi connectivity index (χ1) is 38.6. The van der Waals surface area contributed by atoms with Crippen LogP contribution in [-0.2, 0) is 57.2 Å². The molecule has 0 aromatic heterocycles. The van der Waals surface area contributed by atoms with Crippen molar-refractivity contribution in [3.8, 4) is 0 Å².